The average Bonchev–Trinajstić information content (AvgIpc) is 2.64. The summed E-state index contributed by atoms with van der Waals surface area (Å²) in [5.74, 6) is -1.78. The van der Waals surface area contributed by atoms with Crippen LogP contribution in [0.2, 0.25) is 0 Å². The van der Waals surface area contributed by atoms with Gasteiger partial charge in [0.1, 0.15) is 12.6 Å². The molecule has 0 aromatic heterocycles. The number of carboxylic acids is 1. The lowest BCUT2D eigenvalue weighted by Crippen LogP contribution is -2.39. The predicted molar refractivity (Wildman–Crippen MR) is 65.1 cm³/mol. The number of aliphatic carboxylic acids is 1. The standard InChI is InChI=1S/C9H10Cl3NO6/c10-9(11,12)3-18-8(17)13-4-19-7(16)5(13)1-2-6(14)15/h5H,1-4H2,(H,14,15). The fraction of sp³-hybridized carbons (Fsp3) is 0.667. The summed E-state index contributed by atoms with van der Waals surface area (Å²) in [7, 11) is 0. The van der Waals surface area contributed by atoms with Gasteiger partial charge in [-0.2, -0.15) is 0 Å². The number of ether oxygens (including phenoxy) is 2. The van der Waals surface area contributed by atoms with Gasteiger partial charge in [0.2, 0.25) is 3.79 Å². The molecule has 1 aliphatic rings. The van der Waals surface area contributed by atoms with E-state index in [0.717, 1.165) is 4.90 Å². The Bertz CT molecular complexity index is 383. The number of halogens is 3. The highest BCUT2D eigenvalue weighted by atomic mass is 35.6. The molecule has 1 N–H and O–H groups in total. The highest BCUT2D eigenvalue weighted by Gasteiger charge is 2.39. The third kappa shape index (κ3) is 5.30. The number of carbonyl (C=O) groups excluding carboxylic acids is 2. The van der Waals surface area contributed by atoms with E-state index >= 15 is 0 Å². The van der Waals surface area contributed by atoms with Crippen molar-refractivity contribution in [1.82, 2.24) is 4.90 Å². The number of hydrogen-bond donors (Lipinski definition) is 1. The molecule has 10 heteroatoms. The van der Waals surface area contributed by atoms with Gasteiger partial charge in [-0.05, 0) is 6.42 Å². The second-order valence-electron chi connectivity index (χ2n) is 3.68. The number of nitrogens with zero attached hydrogens (tertiary/aromatic N) is 1. The zero-order chi connectivity index (χ0) is 14.6. The Labute approximate surface area is 123 Å². The lowest BCUT2D eigenvalue weighted by Gasteiger charge is -2.20. The van der Waals surface area contributed by atoms with Crippen molar-refractivity contribution in [1.29, 1.82) is 0 Å². The maximum absolute atomic E-state index is 11.6. The molecule has 0 saturated carbocycles. The summed E-state index contributed by atoms with van der Waals surface area (Å²) in [6, 6.07) is -1.00. The molecule has 0 aliphatic carbocycles. The summed E-state index contributed by atoms with van der Waals surface area (Å²) in [5.41, 5.74) is 0. The van der Waals surface area contributed by atoms with Crippen LogP contribution in [0.5, 0.6) is 0 Å². The number of carboxylic acid groups (broad SMARTS) is 1. The quantitative estimate of drug-likeness (QED) is 0.619. The normalized spacial score (nSPS) is 19.2. The first-order valence-electron chi connectivity index (χ1n) is 5.09. The topological polar surface area (TPSA) is 93.1 Å². The second kappa shape index (κ2) is 6.49. The maximum atomic E-state index is 11.6. The van der Waals surface area contributed by atoms with E-state index in [4.69, 9.17) is 39.9 Å². The third-order valence-corrected chi connectivity index (χ3v) is 2.55. The van der Waals surface area contributed by atoms with Crippen LogP contribution in [0.3, 0.4) is 0 Å². The van der Waals surface area contributed by atoms with Crippen LogP contribution in [-0.2, 0) is 19.1 Å². The molecule has 108 valence electrons. The Morgan fingerprint density at radius 2 is 2.11 bits per heavy atom. The molecular weight excluding hydrogens is 324 g/mol. The molecule has 0 bridgehead atoms. The van der Waals surface area contributed by atoms with Gasteiger partial charge in [0, 0.05) is 6.42 Å². The summed E-state index contributed by atoms with van der Waals surface area (Å²) in [6.07, 6.45) is -1.27. The number of alkyl halides is 3. The zero-order valence-electron chi connectivity index (χ0n) is 9.48. The lowest BCUT2D eigenvalue weighted by molar-refractivity contribution is -0.140. The molecule has 1 atom stereocenters. The molecular formula is C9H10Cl3NO6. The fourth-order valence-corrected chi connectivity index (χ4v) is 1.55. The average molecular weight is 335 g/mol. The number of amides is 1. The first kappa shape index (κ1) is 16.1. The van der Waals surface area contributed by atoms with E-state index in [1.165, 1.54) is 0 Å². The molecule has 0 aromatic carbocycles. The lowest BCUT2D eigenvalue weighted by atomic mass is 10.1. The number of carbonyl (C=O) groups is 3. The minimum atomic E-state index is -1.77. The molecule has 19 heavy (non-hydrogen) atoms. The molecule has 0 aromatic rings. The van der Waals surface area contributed by atoms with Crippen LogP contribution in [0.1, 0.15) is 12.8 Å². The largest absolute Gasteiger partial charge is 0.481 e. The summed E-state index contributed by atoms with van der Waals surface area (Å²) >= 11 is 16.2. The van der Waals surface area contributed by atoms with E-state index in [1.807, 2.05) is 0 Å². The van der Waals surface area contributed by atoms with Crippen LogP contribution in [0.25, 0.3) is 0 Å². The summed E-state index contributed by atoms with van der Waals surface area (Å²) in [5, 5.41) is 8.56. The van der Waals surface area contributed by atoms with Crippen molar-refractivity contribution in [3.05, 3.63) is 0 Å². The molecule has 7 nitrogen and oxygen atoms in total. The van der Waals surface area contributed by atoms with Crippen LogP contribution in [0.15, 0.2) is 0 Å². The van der Waals surface area contributed by atoms with Crippen LogP contribution in [0, 0.1) is 0 Å². The Kier molecular flexibility index (Phi) is 5.51. The number of esters is 1. The summed E-state index contributed by atoms with van der Waals surface area (Å²) < 4.78 is 7.58. The van der Waals surface area contributed by atoms with Gasteiger partial charge in [-0.25, -0.2) is 9.59 Å². The maximum Gasteiger partial charge on any atom is 0.413 e. The van der Waals surface area contributed by atoms with Gasteiger partial charge in [-0.15, -0.1) is 0 Å². The molecule has 1 saturated heterocycles. The molecule has 1 heterocycles. The molecule has 1 amide bonds. The van der Waals surface area contributed by atoms with E-state index in [0.29, 0.717) is 0 Å². The van der Waals surface area contributed by atoms with E-state index < -0.39 is 34.5 Å². The van der Waals surface area contributed by atoms with E-state index in [1.54, 1.807) is 0 Å². The molecule has 1 rings (SSSR count). The third-order valence-electron chi connectivity index (χ3n) is 2.22. The summed E-state index contributed by atoms with van der Waals surface area (Å²) in [4.78, 5) is 34.4. The van der Waals surface area contributed by atoms with Crippen LogP contribution >= 0.6 is 34.8 Å². The van der Waals surface area contributed by atoms with Crippen LogP contribution in [-0.4, -0.2) is 51.2 Å². The zero-order valence-corrected chi connectivity index (χ0v) is 11.7. The monoisotopic (exact) mass is 333 g/mol. The first-order chi connectivity index (χ1) is 8.70. The van der Waals surface area contributed by atoms with Gasteiger partial charge < -0.3 is 14.6 Å². The Morgan fingerprint density at radius 3 is 2.63 bits per heavy atom. The van der Waals surface area contributed by atoms with Gasteiger partial charge in [0.05, 0.1) is 0 Å². The second-order valence-corrected chi connectivity index (χ2v) is 6.20. The van der Waals surface area contributed by atoms with Crippen molar-refractivity contribution < 1.29 is 29.0 Å². The molecule has 0 spiro atoms. The SMILES string of the molecule is O=C(O)CCC1C(=O)OCN1C(=O)OCC(Cl)(Cl)Cl. The molecule has 1 fully saturated rings. The highest BCUT2D eigenvalue weighted by molar-refractivity contribution is 6.67. The van der Waals surface area contributed by atoms with Crippen LogP contribution < -0.4 is 0 Å². The molecule has 1 aliphatic heterocycles. The van der Waals surface area contributed by atoms with E-state index in [-0.39, 0.29) is 19.6 Å². The summed E-state index contributed by atoms with van der Waals surface area (Å²) in [6.45, 7) is -0.811. The number of rotatable bonds is 4. The fourth-order valence-electron chi connectivity index (χ4n) is 1.39. The Morgan fingerprint density at radius 1 is 1.47 bits per heavy atom. The van der Waals surface area contributed by atoms with Crippen molar-refractivity contribution in [2.24, 2.45) is 0 Å². The van der Waals surface area contributed by atoms with E-state index in [2.05, 4.69) is 9.47 Å². The van der Waals surface area contributed by atoms with Crippen molar-refractivity contribution >= 4 is 52.8 Å². The predicted octanol–water partition coefficient (Wildman–Crippen LogP) is 1.54. The van der Waals surface area contributed by atoms with Crippen molar-refractivity contribution in [3.63, 3.8) is 0 Å². The smallest absolute Gasteiger partial charge is 0.413 e. The number of hydrogen-bond acceptors (Lipinski definition) is 5. The molecule has 0 radical (unpaired) electrons. The Balaban J connectivity index is 2.57. The van der Waals surface area contributed by atoms with E-state index in [9.17, 15) is 14.4 Å². The van der Waals surface area contributed by atoms with Crippen molar-refractivity contribution in [3.8, 4) is 0 Å². The minimum Gasteiger partial charge on any atom is -0.481 e. The van der Waals surface area contributed by atoms with Gasteiger partial charge in [-0.1, -0.05) is 34.8 Å². The Hall–Kier alpha value is -0.920. The van der Waals surface area contributed by atoms with Gasteiger partial charge in [0.25, 0.3) is 0 Å². The van der Waals surface area contributed by atoms with Gasteiger partial charge >= 0.3 is 18.0 Å². The van der Waals surface area contributed by atoms with Crippen LogP contribution in [0.4, 0.5) is 4.79 Å². The van der Waals surface area contributed by atoms with Crippen molar-refractivity contribution in [2.75, 3.05) is 13.3 Å². The number of cyclic esters (lactones) is 1. The highest BCUT2D eigenvalue weighted by Crippen LogP contribution is 2.27. The first-order valence-corrected chi connectivity index (χ1v) is 6.22. The van der Waals surface area contributed by atoms with Crippen molar-refractivity contribution in [2.45, 2.75) is 22.7 Å². The van der Waals surface area contributed by atoms with Gasteiger partial charge in [0.15, 0.2) is 6.73 Å². The van der Waals surface area contributed by atoms with Gasteiger partial charge in [-0.3, -0.25) is 9.69 Å². The molecule has 1 unspecified atom stereocenters. The minimum absolute atomic E-state index is 0.0724.